The van der Waals surface area contributed by atoms with Crippen LogP contribution in [0.4, 0.5) is 11.4 Å². The van der Waals surface area contributed by atoms with Crippen LogP contribution in [-0.4, -0.2) is 40.1 Å². The van der Waals surface area contributed by atoms with Gasteiger partial charge in [-0.25, -0.2) is 0 Å². The van der Waals surface area contributed by atoms with Crippen LogP contribution in [0.25, 0.3) is 0 Å². The first-order valence-corrected chi connectivity index (χ1v) is 7.58. The number of hydrogen-bond donors (Lipinski definition) is 1. The maximum Gasteiger partial charge on any atom is 0.308 e. The largest absolute Gasteiger partial charge is 0.481 e. The monoisotopic (exact) mass is 294 g/mol. The van der Waals surface area contributed by atoms with Crippen LogP contribution in [0.2, 0.25) is 0 Å². The molecule has 0 aromatic heterocycles. The van der Waals surface area contributed by atoms with Crippen molar-refractivity contribution in [3.05, 3.63) is 33.9 Å². The summed E-state index contributed by atoms with van der Waals surface area (Å²) in [6.45, 7) is 0.796. The number of anilines is 1. The summed E-state index contributed by atoms with van der Waals surface area (Å²) in [6, 6.07) is 4.76. The van der Waals surface area contributed by atoms with Crippen molar-refractivity contribution in [1.29, 1.82) is 0 Å². The number of hydrogen-bond acceptors (Lipinski definition) is 5. The van der Waals surface area contributed by atoms with Crippen molar-refractivity contribution in [3.63, 3.8) is 0 Å². The maximum atomic E-state index is 11.5. The molecule has 0 amide bonds. The Kier molecular flexibility index (Phi) is 3.29. The lowest BCUT2D eigenvalue weighted by Gasteiger charge is -2.44. The molecule has 20 heavy (non-hydrogen) atoms. The van der Waals surface area contributed by atoms with Crippen molar-refractivity contribution in [2.45, 2.75) is 12.5 Å². The second kappa shape index (κ2) is 4.97. The number of rotatable bonds is 2. The average molecular weight is 294 g/mol. The third-order valence-electron chi connectivity index (χ3n) is 3.97. The van der Waals surface area contributed by atoms with Gasteiger partial charge >= 0.3 is 5.97 Å². The van der Waals surface area contributed by atoms with E-state index in [9.17, 15) is 20.0 Å². The third kappa shape index (κ3) is 2.11. The summed E-state index contributed by atoms with van der Waals surface area (Å²) >= 11 is 1.77. The Balaban J connectivity index is 2.04. The molecule has 1 N–H and O–H groups in total. The Hall–Kier alpha value is -1.76. The normalized spacial score (nSPS) is 24.7. The van der Waals surface area contributed by atoms with Gasteiger partial charge in [-0.05, 0) is 18.1 Å². The van der Waals surface area contributed by atoms with Gasteiger partial charge in [0.15, 0.2) is 0 Å². The van der Waals surface area contributed by atoms with Gasteiger partial charge in [-0.15, -0.1) is 0 Å². The highest BCUT2D eigenvalue weighted by atomic mass is 32.2. The fourth-order valence-electron chi connectivity index (χ4n) is 3.01. The third-order valence-corrected chi connectivity index (χ3v) is 5.02. The van der Waals surface area contributed by atoms with Gasteiger partial charge in [0, 0.05) is 35.9 Å². The zero-order valence-electron chi connectivity index (χ0n) is 10.7. The summed E-state index contributed by atoms with van der Waals surface area (Å²) in [5, 5.41) is 20.3. The summed E-state index contributed by atoms with van der Waals surface area (Å²) in [4.78, 5) is 24.0. The van der Waals surface area contributed by atoms with Crippen LogP contribution in [-0.2, 0) is 11.2 Å². The number of fused-ring (bicyclic) bond motifs is 3. The number of carboxylic acids is 1. The lowest BCUT2D eigenvalue weighted by Crippen LogP contribution is -2.52. The number of aliphatic carboxylic acids is 1. The van der Waals surface area contributed by atoms with E-state index >= 15 is 0 Å². The van der Waals surface area contributed by atoms with E-state index < -0.39 is 16.8 Å². The van der Waals surface area contributed by atoms with Crippen LogP contribution >= 0.6 is 11.8 Å². The minimum Gasteiger partial charge on any atom is -0.481 e. The standard InChI is InChI=1S/C13H14N2O4S/c16-13(17)10-6-8-5-9(15(18)19)1-2-11(8)14-3-4-20-7-12(10)14/h1-2,5,10,12H,3-4,6-7H2,(H,16,17)/t10-,12-/m0/s1. The molecule has 0 saturated carbocycles. The first-order chi connectivity index (χ1) is 9.58. The van der Waals surface area contributed by atoms with E-state index in [-0.39, 0.29) is 11.7 Å². The quantitative estimate of drug-likeness (QED) is 0.661. The highest BCUT2D eigenvalue weighted by molar-refractivity contribution is 7.99. The minimum atomic E-state index is -0.820. The van der Waals surface area contributed by atoms with E-state index in [1.807, 2.05) is 0 Å². The molecule has 1 fully saturated rings. The van der Waals surface area contributed by atoms with E-state index in [0.29, 0.717) is 6.42 Å². The van der Waals surface area contributed by atoms with Gasteiger partial charge in [-0.2, -0.15) is 11.8 Å². The van der Waals surface area contributed by atoms with Crippen LogP contribution in [0.5, 0.6) is 0 Å². The fourth-order valence-corrected chi connectivity index (χ4v) is 4.16. The molecule has 1 aromatic rings. The highest BCUT2D eigenvalue weighted by Crippen LogP contribution is 2.39. The molecule has 1 saturated heterocycles. The van der Waals surface area contributed by atoms with Gasteiger partial charge in [0.25, 0.3) is 5.69 Å². The second-order valence-corrected chi connectivity index (χ2v) is 6.20. The molecule has 2 aliphatic heterocycles. The zero-order chi connectivity index (χ0) is 14.3. The van der Waals surface area contributed by atoms with Gasteiger partial charge in [0.05, 0.1) is 16.9 Å². The van der Waals surface area contributed by atoms with Crippen LogP contribution in [0, 0.1) is 16.0 Å². The minimum absolute atomic E-state index is 0.0137. The first kappa shape index (κ1) is 13.2. The predicted octanol–water partition coefficient (Wildman–Crippen LogP) is 1.77. The molecular formula is C13H14N2O4S. The number of nitrogens with zero attached hydrogens (tertiary/aromatic N) is 2. The van der Waals surface area contributed by atoms with E-state index in [1.54, 1.807) is 17.8 Å². The summed E-state index contributed by atoms with van der Waals surface area (Å²) in [7, 11) is 0. The second-order valence-electron chi connectivity index (χ2n) is 5.05. The number of nitro benzene ring substituents is 1. The summed E-state index contributed by atoms with van der Waals surface area (Å²) in [6.07, 6.45) is 0.369. The van der Waals surface area contributed by atoms with Gasteiger partial charge < -0.3 is 10.0 Å². The molecule has 0 radical (unpaired) electrons. The lowest BCUT2D eigenvalue weighted by atomic mass is 9.86. The van der Waals surface area contributed by atoms with Crippen LogP contribution in [0.3, 0.4) is 0 Å². The topological polar surface area (TPSA) is 83.7 Å². The molecule has 0 spiro atoms. The van der Waals surface area contributed by atoms with Gasteiger partial charge in [-0.1, -0.05) is 0 Å². The molecular weight excluding hydrogens is 280 g/mol. The number of carboxylic acid groups (broad SMARTS) is 1. The molecule has 0 bridgehead atoms. The smallest absolute Gasteiger partial charge is 0.308 e. The SMILES string of the molecule is O=C(O)[C@H]1Cc2cc([N+](=O)[O-])ccc2N2CCSC[C@@H]12. The van der Waals surface area contributed by atoms with Crippen molar-refractivity contribution in [2.24, 2.45) is 5.92 Å². The van der Waals surface area contributed by atoms with E-state index in [0.717, 1.165) is 29.3 Å². The van der Waals surface area contributed by atoms with Crippen molar-refractivity contribution in [2.75, 3.05) is 23.0 Å². The Morgan fingerprint density at radius 2 is 2.30 bits per heavy atom. The van der Waals surface area contributed by atoms with Crippen molar-refractivity contribution in [1.82, 2.24) is 0 Å². The molecule has 0 unspecified atom stereocenters. The Bertz CT molecular complexity index is 577. The molecule has 2 heterocycles. The lowest BCUT2D eigenvalue weighted by molar-refractivity contribution is -0.384. The van der Waals surface area contributed by atoms with Gasteiger partial charge in [0.2, 0.25) is 0 Å². The Morgan fingerprint density at radius 3 is 3.00 bits per heavy atom. The predicted molar refractivity (Wildman–Crippen MR) is 76.4 cm³/mol. The number of thioether (sulfide) groups is 1. The number of nitro groups is 1. The summed E-state index contributed by atoms with van der Waals surface area (Å²) in [5.41, 5.74) is 1.76. The fraction of sp³-hybridized carbons (Fsp3) is 0.462. The molecule has 2 aliphatic rings. The van der Waals surface area contributed by atoms with Gasteiger partial charge in [-0.3, -0.25) is 14.9 Å². The van der Waals surface area contributed by atoms with E-state index in [4.69, 9.17) is 0 Å². The number of carbonyl (C=O) groups is 1. The molecule has 3 rings (SSSR count). The molecule has 6 nitrogen and oxygen atoms in total. The van der Waals surface area contributed by atoms with Crippen LogP contribution in [0.15, 0.2) is 18.2 Å². The summed E-state index contributed by atoms with van der Waals surface area (Å²) < 4.78 is 0. The van der Waals surface area contributed by atoms with Gasteiger partial charge in [0.1, 0.15) is 0 Å². The van der Waals surface area contributed by atoms with Crippen molar-refractivity contribution in [3.8, 4) is 0 Å². The molecule has 1 aromatic carbocycles. The Morgan fingerprint density at radius 1 is 1.50 bits per heavy atom. The van der Waals surface area contributed by atoms with Crippen molar-refractivity contribution >= 4 is 29.1 Å². The van der Waals surface area contributed by atoms with Crippen LogP contribution in [0.1, 0.15) is 5.56 Å². The number of non-ortho nitro benzene ring substituents is 1. The maximum absolute atomic E-state index is 11.5. The molecule has 106 valence electrons. The highest BCUT2D eigenvalue weighted by Gasteiger charge is 2.40. The number of benzene rings is 1. The molecule has 2 atom stereocenters. The average Bonchev–Trinajstić information content (AvgIpc) is 2.45. The van der Waals surface area contributed by atoms with E-state index in [2.05, 4.69) is 4.90 Å². The molecule has 7 heteroatoms. The summed E-state index contributed by atoms with van der Waals surface area (Å²) in [5.74, 6) is 0.448. The van der Waals surface area contributed by atoms with E-state index in [1.165, 1.54) is 12.1 Å². The van der Waals surface area contributed by atoms with Crippen molar-refractivity contribution < 1.29 is 14.8 Å². The van der Waals surface area contributed by atoms with Crippen LogP contribution < -0.4 is 4.90 Å². The zero-order valence-corrected chi connectivity index (χ0v) is 11.5. The Labute approximate surface area is 119 Å². The first-order valence-electron chi connectivity index (χ1n) is 6.42. The molecule has 0 aliphatic carbocycles.